The highest BCUT2D eigenvalue weighted by molar-refractivity contribution is 6.74. The summed E-state index contributed by atoms with van der Waals surface area (Å²) in [5.41, 5.74) is 11.8. The van der Waals surface area contributed by atoms with Gasteiger partial charge in [0.15, 0.2) is 8.32 Å². The van der Waals surface area contributed by atoms with Gasteiger partial charge in [-0.2, -0.15) is 0 Å². The summed E-state index contributed by atoms with van der Waals surface area (Å²) in [6.45, 7) is 13.1. The molecule has 4 nitrogen and oxygen atoms in total. The molecule has 0 aromatic rings. The molecule has 0 heterocycles. The molecule has 0 aromatic heterocycles. The molecule has 0 radical (unpaired) electrons. The Hall–Kier alpha value is -0.393. The van der Waals surface area contributed by atoms with E-state index in [1.165, 1.54) is 25.7 Å². The Morgan fingerprint density at radius 2 is 1.44 bits per heavy atom. The molecule has 0 spiro atoms. The van der Waals surface area contributed by atoms with Crippen molar-refractivity contribution in [3.05, 3.63) is 0 Å². The van der Waals surface area contributed by atoms with E-state index in [-0.39, 0.29) is 10.9 Å². The smallest absolute Gasteiger partial charge is 0.245 e. The lowest BCUT2D eigenvalue weighted by atomic mass is 10.0. The van der Waals surface area contributed by atoms with Gasteiger partial charge >= 0.3 is 0 Å². The monoisotopic (exact) mass is 372 g/mol. The van der Waals surface area contributed by atoms with E-state index in [9.17, 15) is 4.79 Å². The van der Waals surface area contributed by atoms with Gasteiger partial charge in [0.1, 0.15) is 6.10 Å². The lowest BCUT2D eigenvalue weighted by Gasteiger charge is -2.38. The van der Waals surface area contributed by atoms with Crippen molar-refractivity contribution in [3.8, 4) is 0 Å². The Morgan fingerprint density at radius 3 is 1.88 bits per heavy atom. The van der Waals surface area contributed by atoms with Gasteiger partial charge in [-0.05, 0) is 37.4 Å². The van der Waals surface area contributed by atoms with Crippen LogP contribution in [-0.2, 0) is 9.22 Å². The molecule has 0 fully saturated rings. The predicted octanol–water partition coefficient (Wildman–Crippen LogP) is 5.11. The molecule has 5 heteroatoms. The van der Waals surface area contributed by atoms with Crippen molar-refractivity contribution in [1.82, 2.24) is 0 Å². The highest BCUT2D eigenvalue weighted by atomic mass is 28.4. The number of carbonyl (C=O) groups excluding carboxylic acids is 1. The molecule has 0 aliphatic carbocycles. The van der Waals surface area contributed by atoms with E-state index in [1.54, 1.807) is 0 Å². The van der Waals surface area contributed by atoms with Crippen LogP contribution < -0.4 is 11.5 Å². The third-order valence-corrected chi connectivity index (χ3v) is 10.0. The Bertz CT molecular complexity index is 367. The lowest BCUT2D eigenvalue weighted by molar-refractivity contribution is -0.125. The average molecular weight is 373 g/mol. The topological polar surface area (TPSA) is 78.3 Å². The van der Waals surface area contributed by atoms with Gasteiger partial charge in [-0.25, -0.2) is 0 Å². The van der Waals surface area contributed by atoms with E-state index in [2.05, 4.69) is 40.8 Å². The Morgan fingerprint density at radius 1 is 0.960 bits per heavy atom. The summed E-state index contributed by atoms with van der Waals surface area (Å²) in [5, 5.41) is 0.0885. The molecular formula is C20H44N2O2Si. The number of rotatable bonds is 14. The van der Waals surface area contributed by atoms with Crippen molar-refractivity contribution in [3.63, 3.8) is 0 Å². The van der Waals surface area contributed by atoms with Crippen molar-refractivity contribution < 1.29 is 9.22 Å². The van der Waals surface area contributed by atoms with Crippen LogP contribution in [0.2, 0.25) is 18.1 Å². The number of nitrogens with two attached hydrogens (primary N) is 2. The summed E-state index contributed by atoms with van der Waals surface area (Å²) in [5.74, 6) is -0.322. The van der Waals surface area contributed by atoms with Crippen LogP contribution in [0.4, 0.5) is 0 Å². The zero-order chi connectivity index (χ0) is 19.5. The first kappa shape index (κ1) is 24.6. The van der Waals surface area contributed by atoms with Gasteiger partial charge in [-0.3, -0.25) is 4.79 Å². The first-order valence-electron chi connectivity index (χ1n) is 10.2. The van der Waals surface area contributed by atoms with Crippen molar-refractivity contribution in [1.29, 1.82) is 0 Å². The lowest BCUT2D eigenvalue weighted by Crippen LogP contribution is -2.47. The molecule has 2 atom stereocenters. The molecule has 0 saturated heterocycles. The summed E-state index contributed by atoms with van der Waals surface area (Å²) in [4.78, 5) is 11.7. The first-order valence-corrected chi connectivity index (χ1v) is 13.1. The van der Waals surface area contributed by atoms with E-state index in [4.69, 9.17) is 15.9 Å². The minimum absolute atomic E-state index is 0.0885. The summed E-state index contributed by atoms with van der Waals surface area (Å²) >= 11 is 0. The number of hydrogen-bond acceptors (Lipinski definition) is 3. The van der Waals surface area contributed by atoms with Gasteiger partial charge in [-0.15, -0.1) is 0 Å². The highest BCUT2D eigenvalue weighted by Gasteiger charge is 2.40. The second-order valence-corrected chi connectivity index (χ2v) is 13.8. The van der Waals surface area contributed by atoms with Crippen LogP contribution in [0, 0.1) is 0 Å². The fourth-order valence-electron chi connectivity index (χ4n) is 2.68. The standard InChI is InChI=1S/C20H44N2O2Si/c1-7-8-9-11-14-17(21)15-12-10-13-16-18(19(22)23)24-25(5,6)20(2,3)4/h17-18H,7-16,21H2,1-6H3,(H2,22,23). The van der Waals surface area contributed by atoms with Gasteiger partial charge in [0.2, 0.25) is 5.91 Å². The molecule has 0 aliphatic rings. The highest BCUT2D eigenvalue weighted by Crippen LogP contribution is 2.37. The van der Waals surface area contributed by atoms with Crippen LogP contribution in [0.1, 0.15) is 91.9 Å². The summed E-state index contributed by atoms with van der Waals surface area (Å²) < 4.78 is 6.21. The maximum absolute atomic E-state index is 11.7. The van der Waals surface area contributed by atoms with Gasteiger partial charge in [0, 0.05) is 6.04 Å². The molecule has 0 bridgehead atoms. The van der Waals surface area contributed by atoms with Gasteiger partial charge in [0.05, 0.1) is 0 Å². The van der Waals surface area contributed by atoms with Crippen LogP contribution >= 0.6 is 0 Å². The molecule has 0 aromatic carbocycles. The van der Waals surface area contributed by atoms with Gasteiger partial charge in [-0.1, -0.05) is 72.6 Å². The largest absolute Gasteiger partial charge is 0.405 e. The SMILES string of the molecule is CCCCCCC(N)CCCCCC(O[Si](C)(C)C(C)(C)C)C(N)=O. The molecule has 4 N–H and O–H groups in total. The third kappa shape index (κ3) is 11.0. The Balaban J connectivity index is 4.04. The molecule has 25 heavy (non-hydrogen) atoms. The summed E-state index contributed by atoms with van der Waals surface area (Å²) in [7, 11) is -1.96. The minimum atomic E-state index is -1.96. The molecule has 0 aliphatic heterocycles. The van der Waals surface area contributed by atoms with Crippen molar-refractivity contribution >= 4 is 14.2 Å². The number of hydrogen-bond donors (Lipinski definition) is 2. The number of primary amides is 1. The fraction of sp³-hybridized carbons (Fsp3) is 0.950. The Kier molecular flexibility index (Phi) is 11.9. The van der Waals surface area contributed by atoms with E-state index >= 15 is 0 Å². The average Bonchev–Trinajstić information content (AvgIpc) is 2.48. The third-order valence-electron chi connectivity index (χ3n) is 5.53. The van der Waals surface area contributed by atoms with Gasteiger partial charge in [0.25, 0.3) is 0 Å². The molecule has 2 unspecified atom stereocenters. The van der Waals surface area contributed by atoms with Crippen LogP contribution in [0.5, 0.6) is 0 Å². The first-order chi connectivity index (χ1) is 11.5. The van der Waals surface area contributed by atoms with Crippen molar-refractivity contribution in [2.24, 2.45) is 11.5 Å². The number of amides is 1. The van der Waals surface area contributed by atoms with Crippen LogP contribution in [-0.4, -0.2) is 26.4 Å². The van der Waals surface area contributed by atoms with Crippen LogP contribution in [0.3, 0.4) is 0 Å². The number of carbonyl (C=O) groups is 1. The van der Waals surface area contributed by atoms with E-state index in [0.29, 0.717) is 6.04 Å². The van der Waals surface area contributed by atoms with Crippen molar-refractivity contribution in [2.45, 2.75) is 122 Å². The second-order valence-electron chi connectivity index (χ2n) is 9.02. The molecule has 0 saturated carbocycles. The number of unbranched alkanes of at least 4 members (excludes halogenated alkanes) is 5. The Labute approximate surface area is 157 Å². The predicted molar refractivity (Wildman–Crippen MR) is 111 cm³/mol. The van der Waals surface area contributed by atoms with Crippen LogP contribution in [0.25, 0.3) is 0 Å². The minimum Gasteiger partial charge on any atom is -0.405 e. The molecule has 0 rings (SSSR count). The summed E-state index contributed by atoms with van der Waals surface area (Å²) in [6.07, 6.45) is 10.8. The molecule has 1 amide bonds. The zero-order valence-corrected chi connectivity index (χ0v) is 18.7. The van der Waals surface area contributed by atoms with Crippen LogP contribution in [0.15, 0.2) is 0 Å². The maximum atomic E-state index is 11.7. The maximum Gasteiger partial charge on any atom is 0.245 e. The zero-order valence-electron chi connectivity index (χ0n) is 17.7. The van der Waals surface area contributed by atoms with Gasteiger partial charge < -0.3 is 15.9 Å². The summed E-state index contributed by atoms with van der Waals surface area (Å²) in [6, 6.07) is 0.326. The fourth-order valence-corrected chi connectivity index (χ4v) is 3.98. The van der Waals surface area contributed by atoms with E-state index in [0.717, 1.165) is 38.5 Å². The van der Waals surface area contributed by atoms with Crippen molar-refractivity contribution in [2.75, 3.05) is 0 Å². The molecule has 150 valence electrons. The van der Waals surface area contributed by atoms with E-state index in [1.807, 2.05) is 0 Å². The second kappa shape index (κ2) is 12.1. The normalized spacial score (nSPS) is 15.2. The molecular weight excluding hydrogens is 328 g/mol. The van der Waals surface area contributed by atoms with E-state index < -0.39 is 14.4 Å². The quantitative estimate of drug-likeness (QED) is 0.328.